The van der Waals surface area contributed by atoms with Crippen molar-refractivity contribution in [2.75, 3.05) is 6.54 Å². The summed E-state index contributed by atoms with van der Waals surface area (Å²) in [7, 11) is -3.51. The van der Waals surface area contributed by atoms with Crippen LogP contribution in [0.4, 0.5) is 0 Å². The fraction of sp³-hybridized carbons (Fsp3) is 0.700. The predicted molar refractivity (Wildman–Crippen MR) is 65.3 cm³/mol. The van der Waals surface area contributed by atoms with Gasteiger partial charge in [-0.25, -0.2) is 8.42 Å². The minimum absolute atomic E-state index is 0.127. The zero-order valence-corrected chi connectivity index (χ0v) is 11.5. The van der Waals surface area contributed by atoms with E-state index in [4.69, 9.17) is 11.6 Å². The lowest BCUT2D eigenvalue weighted by molar-refractivity contribution is 0.290. The van der Waals surface area contributed by atoms with Crippen molar-refractivity contribution in [2.24, 2.45) is 0 Å². The third kappa shape index (κ3) is 2.09. The Labute approximate surface area is 106 Å². The maximum absolute atomic E-state index is 12.5. The second-order valence-electron chi connectivity index (χ2n) is 4.85. The van der Waals surface area contributed by atoms with Crippen LogP contribution < -0.4 is 0 Å². The number of rotatable bonds is 3. The average Bonchev–Trinajstić information content (AvgIpc) is 2.83. The van der Waals surface area contributed by atoms with Crippen LogP contribution in [0, 0.1) is 0 Å². The fourth-order valence-electron chi connectivity index (χ4n) is 2.26. The first kappa shape index (κ1) is 12.9. The van der Waals surface area contributed by atoms with Crippen molar-refractivity contribution in [2.45, 2.75) is 43.1 Å². The molecule has 0 saturated carbocycles. The maximum atomic E-state index is 12.5. The van der Waals surface area contributed by atoms with Gasteiger partial charge in [0, 0.05) is 17.6 Å². The molecule has 2 rings (SSSR count). The average molecular weight is 278 g/mol. The molecule has 17 heavy (non-hydrogen) atoms. The van der Waals surface area contributed by atoms with Gasteiger partial charge in [0.2, 0.25) is 0 Å². The van der Waals surface area contributed by atoms with Crippen molar-refractivity contribution in [3.63, 3.8) is 0 Å². The second kappa shape index (κ2) is 4.26. The lowest BCUT2D eigenvalue weighted by Crippen LogP contribution is -2.42. The zero-order valence-electron chi connectivity index (χ0n) is 9.90. The Kier molecular flexibility index (Phi) is 3.22. The summed E-state index contributed by atoms with van der Waals surface area (Å²) >= 11 is 5.71. The number of sulfonamides is 1. The molecule has 96 valence electrons. The lowest BCUT2D eigenvalue weighted by atomic mass is 10.0. The summed E-state index contributed by atoms with van der Waals surface area (Å²) in [5.41, 5.74) is 0.183. The van der Waals surface area contributed by atoms with E-state index in [2.05, 4.69) is 10.2 Å². The molecule has 1 fully saturated rings. The maximum Gasteiger partial charge on any atom is 0.260 e. The van der Waals surface area contributed by atoms with Gasteiger partial charge >= 0.3 is 0 Å². The molecule has 1 aromatic heterocycles. The van der Waals surface area contributed by atoms with Crippen LogP contribution in [-0.4, -0.2) is 35.0 Å². The smallest absolute Gasteiger partial charge is 0.260 e. The SMILES string of the molecule is CC1(C)CCCN1S(=O)(=O)c1[nH]ncc1CCl. The van der Waals surface area contributed by atoms with Crippen LogP contribution in [0.2, 0.25) is 0 Å². The highest BCUT2D eigenvalue weighted by atomic mass is 35.5. The molecule has 5 nitrogen and oxygen atoms in total. The quantitative estimate of drug-likeness (QED) is 0.856. The van der Waals surface area contributed by atoms with Gasteiger partial charge in [0.25, 0.3) is 10.0 Å². The molecule has 0 aromatic carbocycles. The largest absolute Gasteiger partial charge is 0.266 e. The Balaban J connectivity index is 2.44. The number of aromatic nitrogens is 2. The molecule has 0 unspecified atom stereocenters. The van der Waals surface area contributed by atoms with Gasteiger partial charge in [0.1, 0.15) is 0 Å². The number of alkyl halides is 1. The van der Waals surface area contributed by atoms with Crippen molar-refractivity contribution in [1.82, 2.24) is 14.5 Å². The van der Waals surface area contributed by atoms with Gasteiger partial charge < -0.3 is 0 Å². The summed E-state index contributed by atoms with van der Waals surface area (Å²) < 4.78 is 26.5. The molecule has 0 amide bonds. The molecular weight excluding hydrogens is 262 g/mol. The number of hydrogen-bond acceptors (Lipinski definition) is 3. The van der Waals surface area contributed by atoms with Gasteiger partial charge in [-0.3, -0.25) is 5.10 Å². The van der Waals surface area contributed by atoms with Gasteiger partial charge in [-0.05, 0) is 26.7 Å². The van der Waals surface area contributed by atoms with Crippen LogP contribution in [0.3, 0.4) is 0 Å². The van der Waals surface area contributed by atoms with E-state index < -0.39 is 10.0 Å². The highest BCUT2D eigenvalue weighted by molar-refractivity contribution is 7.89. The number of aromatic amines is 1. The number of nitrogens with one attached hydrogen (secondary N) is 1. The summed E-state index contributed by atoms with van der Waals surface area (Å²) in [5.74, 6) is 0.138. The van der Waals surface area contributed by atoms with Crippen molar-refractivity contribution in [3.05, 3.63) is 11.8 Å². The van der Waals surface area contributed by atoms with E-state index in [1.807, 2.05) is 13.8 Å². The van der Waals surface area contributed by atoms with Crippen molar-refractivity contribution in [1.29, 1.82) is 0 Å². The van der Waals surface area contributed by atoms with Gasteiger partial charge in [0.15, 0.2) is 5.03 Å². The third-order valence-electron chi connectivity index (χ3n) is 3.20. The van der Waals surface area contributed by atoms with Crippen LogP contribution in [0.15, 0.2) is 11.2 Å². The summed E-state index contributed by atoms with van der Waals surface area (Å²) in [5, 5.41) is 6.44. The van der Waals surface area contributed by atoms with Crippen LogP contribution in [-0.2, 0) is 15.9 Å². The van der Waals surface area contributed by atoms with E-state index in [9.17, 15) is 8.42 Å². The predicted octanol–water partition coefficient (Wildman–Crippen LogP) is 1.71. The Hall–Kier alpha value is -0.590. The molecule has 1 saturated heterocycles. The third-order valence-corrected chi connectivity index (χ3v) is 5.61. The lowest BCUT2D eigenvalue weighted by Gasteiger charge is -2.30. The van der Waals surface area contributed by atoms with E-state index in [1.54, 1.807) is 0 Å². The molecule has 0 radical (unpaired) electrons. The highest BCUT2D eigenvalue weighted by Gasteiger charge is 2.42. The number of nitrogens with zero attached hydrogens (tertiary/aromatic N) is 2. The topological polar surface area (TPSA) is 66.1 Å². The van der Waals surface area contributed by atoms with E-state index in [0.717, 1.165) is 12.8 Å². The van der Waals surface area contributed by atoms with Gasteiger partial charge in [-0.2, -0.15) is 9.40 Å². The monoisotopic (exact) mass is 277 g/mol. The first-order valence-electron chi connectivity index (χ1n) is 5.50. The van der Waals surface area contributed by atoms with Crippen LogP contribution in [0.25, 0.3) is 0 Å². The van der Waals surface area contributed by atoms with E-state index >= 15 is 0 Å². The molecule has 1 N–H and O–H groups in total. The van der Waals surface area contributed by atoms with Gasteiger partial charge in [-0.1, -0.05) is 0 Å². The van der Waals surface area contributed by atoms with Crippen molar-refractivity contribution >= 4 is 21.6 Å². The molecule has 1 aliphatic rings. The molecule has 2 heterocycles. The van der Waals surface area contributed by atoms with E-state index in [-0.39, 0.29) is 16.4 Å². The van der Waals surface area contributed by atoms with E-state index in [0.29, 0.717) is 12.1 Å². The number of H-pyrrole nitrogens is 1. The Bertz CT molecular complexity index is 509. The summed E-state index contributed by atoms with van der Waals surface area (Å²) in [6.07, 6.45) is 3.22. The van der Waals surface area contributed by atoms with Crippen LogP contribution >= 0.6 is 11.6 Å². The molecular formula is C10H16ClN3O2S. The molecule has 0 atom stereocenters. The Morgan fingerprint density at radius 1 is 1.59 bits per heavy atom. The minimum atomic E-state index is -3.51. The first-order chi connectivity index (χ1) is 7.89. The molecule has 0 spiro atoms. The second-order valence-corrected chi connectivity index (χ2v) is 6.92. The highest BCUT2D eigenvalue weighted by Crippen LogP contribution is 2.34. The van der Waals surface area contributed by atoms with Crippen LogP contribution in [0.1, 0.15) is 32.3 Å². The minimum Gasteiger partial charge on any atom is -0.266 e. The Morgan fingerprint density at radius 2 is 2.29 bits per heavy atom. The summed E-state index contributed by atoms with van der Waals surface area (Å²) in [6, 6.07) is 0. The summed E-state index contributed by atoms with van der Waals surface area (Å²) in [4.78, 5) is 0. The van der Waals surface area contributed by atoms with Crippen LogP contribution in [0.5, 0.6) is 0 Å². The normalized spacial score (nSPS) is 20.9. The number of halogens is 1. The Morgan fingerprint density at radius 3 is 2.82 bits per heavy atom. The molecule has 0 aliphatic carbocycles. The summed E-state index contributed by atoms with van der Waals surface area (Å²) in [6.45, 7) is 4.43. The number of hydrogen-bond donors (Lipinski definition) is 1. The van der Waals surface area contributed by atoms with Crippen molar-refractivity contribution < 1.29 is 8.42 Å². The van der Waals surface area contributed by atoms with Gasteiger partial charge in [-0.15, -0.1) is 11.6 Å². The van der Waals surface area contributed by atoms with Gasteiger partial charge in [0.05, 0.1) is 12.1 Å². The molecule has 1 aromatic rings. The molecule has 7 heteroatoms. The zero-order chi connectivity index (χ0) is 12.7. The molecule has 0 bridgehead atoms. The standard InChI is InChI=1S/C10H16ClN3O2S/c1-10(2)4-3-5-14(10)17(15,16)9-8(6-11)7-12-13-9/h7H,3-6H2,1-2H3,(H,12,13). The fourth-order valence-corrected chi connectivity index (χ4v) is 4.49. The molecule has 1 aliphatic heterocycles. The first-order valence-corrected chi connectivity index (χ1v) is 7.48. The van der Waals surface area contributed by atoms with Crippen molar-refractivity contribution in [3.8, 4) is 0 Å². The van der Waals surface area contributed by atoms with E-state index in [1.165, 1.54) is 10.5 Å².